The minimum atomic E-state index is -3.75. The van der Waals surface area contributed by atoms with Gasteiger partial charge in [-0.2, -0.15) is 4.31 Å². The van der Waals surface area contributed by atoms with Gasteiger partial charge in [-0.1, -0.05) is 15.9 Å². The van der Waals surface area contributed by atoms with Crippen LogP contribution in [0.1, 0.15) is 5.56 Å². The summed E-state index contributed by atoms with van der Waals surface area (Å²) in [7, 11) is -2.36. The SMILES string of the molecule is Cc1cc(S(=O)(=O)N(C)CC(=O)Nc2ccc(N3CCOCC3)cc2)ccc1Br. The molecule has 2 aromatic rings. The van der Waals surface area contributed by atoms with Crippen molar-refractivity contribution in [3.63, 3.8) is 0 Å². The molecule has 0 atom stereocenters. The van der Waals surface area contributed by atoms with Crippen LogP contribution >= 0.6 is 15.9 Å². The summed E-state index contributed by atoms with van der Waals surface area (Å²) in [5.74, 6) is -0.399. The summed E-state index contributed by atoms with van der Waals surface area (Å²) in [5, 5.41) is 2.75. The minimum absolute atomic E-state index is 0.156. The summed E-state index contributed by atoms with van der Waals surface area (Å²) < 4.78 is 32.7. The first-order chi connectivity index (χ1) is 13.8. The number of nitrogens with one attached hydrogen (secondary N) is 1. The van der Waals surface area contributed by atoms with Gasteiger partial charge in [0, 0.05) is 36.0 Å². The van der Waals surface area contributed by atoms with Crippen LogP contribution in [-0.4, -0.2) is 58.5 Å². The zero-order valence-corrected chi connectivity index (χ0v) is 18.8. The number of carbonyl (C=O) groups is 1. The van der Waals surface area contributed by atoms with Crippen LogP contribution in [0.2, 0.25) is 0 Å². The van der Waals surface area contributed by atoms with E-state index in [-0.39, 0.29) is 11.4 Å². The van der Waals surface area contributed by atoms with Gasteiger partial charge in [0.15, 0.2) is 0 Å². The molecule has 29 heavy (non-hydrogen) atoms. The quantitative estimate of drug-likeness (QED) is 0.685. The summed E-state index contributed by atoms with van der Waals surface area (Å²) in [6.07, 6.45) is 0. The summed E-state index contributed by atoms with van der Waals surface area (Å²) in [4.78, 5) is 14.7. The number of morpholine rings is 1. The smallest absolute Gasteiger partial charge is 0.243 e. The maximum atomic E-state index is 12.7. The highest BCUT2D eigenvalue weighted by molar-refractivity contribution is 9.10. The highest BCUT2D eigenvalue weighted by Gasteiger charge is 2.23. The van der Waals surface area contributed by atoms with E-state index >= 15 is 0 Å². The van der Waals surface area contributed by atoms with Gasteiger partial charge in [-0.05, 0) is 55.0 Å². The molecule has 0 spiro atoms. The van der Waals surface area contributed by atoms with Crippen molar-refractivity contribution in [1.82, 2.24) is 4.31 Å². The van der Waals surface area contributed by atoms with E-state index in [9.17, 15) is 13.2 Å². The molecule has 9 heteroatoms. The van der Waals surface area contributed by atoms with Crippen molar-refractivity contribution in [2.24, 2.45) is 0 Å². The zero-order valence-electron chi connectivity index (χ0n) is 16.4. The van der Waals surface area contributed by atoms with Gasteiger partial charge in [-0.25, -0.2) is 8.42 Å². The standard InChI is InChI=1S/C20H24BrN3O4S/c1-15-13-18(7-8-19(15)21)29(26,27)23(2)14-20(25)22-16-3-5-17(6-4-16)24-9-11-28-12-10-24/h3-8,13H,9-12,14H2,1-2H3,(H,22,25). The lowest BCUT2D eigenvalue weighted by molar-refractivity contribution is -0.116. The van der Waals surface area contributed by atoms with Crippen LogP contribution in [0.25, 0.3) is 0 Å². The Labute approximate surface area is 179 Å². The number of amides is 1. The molecule has 1 aliphatic heterocycles. The Morgan fingerprint density at radius 2 is 1.83 bits per heavy atom. The molecule has 0 radical (unpaired) electrons. The third-order valence-corrected chi connectivity index (χ3v) is 7.42. The summed E-state index contributed by atoms with van der Waals surface area (Å²) in [5.41, 5.74) is 2.50. The largest absolute Gasteiger partial charge is 0.378 e. The molecule has 0 aromatic heterocycles. The number of nitrogens with zero attached hydrogens (tertiary/aromatic N) is 2. The lowest BCUT2D eigenvalue weighted by Crippen LogP contribution is -2.36. The fourth-order valence-electron chi connectivity index (χ4n) is 3.02. The van der Waals surface area contributed by atoms with Gasteiger partial charge >= 0.3 is 0 Å². The van der Waals surface area contributed by atoms with Gasteiger partial charge in [-0.3, -0.25) is 4.79 Å². The number of likely N-dealkylation sites (N-methyl/N-ethyl adjacent to an activating group) is 1. The average molecular weight is 482 g/mol. The number of ether oxygens (including phenoxy) is 1. The van der Waals surface area contributed by atoms with Crippen molar-refractivity contribution >= 4 is 43.2 Å². The molecular weight excluding hydrogens is 458 g/mol. The number of hydrogen-bond donors (Lipinski definition) is 1. The molecule has 1 amide bonds. The minimum Gasteiger partial charge on any atom is -0.378 e. The van der Waals surface area contributed by atoms with Gasteiger partial charge in [0.2, 0.25) is 15.9 Å². The van der Waals surface area contributed by atoms with E-state index in [0.717, 1.165) is 33.1 Å². The van der Waals surface area contributed by atoms with E-state index < -0.39 is 15.9 Å². The predicted molar refractivity (Wildman–Crippen MR) is 117 cm³/mol. The first-order valence-corrected chi connectivity index (χ1v) is 11.5. The summed E-state index contributed by atoms with van der Waals surface area (Å²) in [6, 6.07) is 12.3. The van der Waals surface area contributed by atoms with Crippen LogP contribution in [-0.2, 0) is 19.6 Å². The van der Waals surface area contributed by atoms with Crippen LogP contribution in [0.3, 0.4) is 0 Å². The summed E-state index contributed by atoms with van der Waals surface area (Å²) >= 11 is 3.36. The van der Waals surface area contributed by atoms with Crippen molar-refractivity contribution in [2.75, 3.05) is 50.1 Å². The van der Waals surface area contributed by atoms with E-state index in [1.54, 1.807) is 12.1 Å². The number of aryl methyl sites for hydroxylation is 1. The maximum absolute atomic E-state index is 12.7. The average Bonchev–Trinajstić information content (AvgIpc) is 2.71. The number of anilines is 2. The lowest BCUT2D eigenvalue weighted by Gasteiger charge is -2.28. The van der Waals surface area contributed by atoms with Crippen molar-refractivity contribution in [1.29, 1.82) is 0 Å². The molecule has 1 heterocycles. The van der Waals surface area contributed by atoms with Crippen molar-refractivity contribution in [3.05, 3.63) is 52.5 Å². The van der Waals surface area contributed by atoms with Gasteiger partial charge in [0.05, 0.1) is 24.7 Å². The van der Waals surface area contributed by atoms with Gasteiger partial charge in [0.1, 0.15) is 0 Å². The Bertz CT molecular complexity index is 974. The highest BCUT2D eigenvalue weighted by atomic mass is 79.9. The molecule has 2 aromatic carbocycles. The second-order valence-corrected chi connectivity index (χ2v) is 9.77. The first-order valence-electron chi connectivity index (χ1n) is 9.22. The Morgan fingerprint density at radius 3 is 2.45 bits per heavy atom. The Balaban J connectivity index is 1.61. The molecule has 0 bridgehead atoms. The normalized spacial score (nSPS) is 14.8. The Morgan fingerprint density at radius 1 is 1.17 bits per heavy atom. The number of halogens is 1. The Kier molecular flexibility index (Phi) is 6.94. The van der Waals surface area contributed by atoms with Crippen molar-refractivity contribution < 1.29 is 17.9 Å². The predicted octanol–water partition coefficient (Wildman–Crippen LogP) is 2.85. The molecule has 1 fully saturated rings. The van der Waals surface area contributed by atoms with E-state index in [2.05, 4.69) is 26.1 Å². The van der Waals surface area contributed by atoms with Crippen LogP contribution in [0.15, 0.2) is 51.8 Å². The maximum Gasteiger partial charge on any atom is 0.243 e. The van der Waals surface area contributed by atoms with Gasteiger partial charge in [0.25, 0.3) is 0 Å². The second-order valence-electron chi connectivity index (χ2n) is 6.87. The van der Waals surface area contributed by atoms with E-state index in [1.807, 2.05) is 31.2 Å². The molecule has 1 aliphatic rings. The van der Waals surface area contributed by atoms with Gasteiger partial charge < -0.3 is 15.0 Å². The summed E-state index contributed by atoms with van der Waals surface area (Å²) in [6.45, 7) is 4.63. The molecule has 156 valence electrons. The number of benzene rings is 2. The van der Waals surface area contributed by atoms with Crippen LogP contribution < -0.4 is 10.2 Å². The van der Waals surface area contributed by atoms with Crippen molar-refractivity contribution in [3.8, 4) is 0 Å². The molecule has 0 aliphatic carbocycles. The topological polar surface area (TPSA) is 79.0 Å². The second kappa shape index (κ2) is 9.25. The fourth-order valence-corrected chi connectivity index (χ4v) is 4.48. The third-order valence-electron chi connectivity index (χ3n) is 4.73. The van der Waals surface area contributed by atoms with E-state index in [1.165, 1.54) is 13.1 Å². The van der Waals surface area contributed by atoms with Crippen molar-refractivity contribution in [2.45, 2.75) is 11.8 Å². The molecule has 3 rings (SSSR count). The van der Waals surface area contributed by atoms with E-state index in [4.69, 9.17) is 4.74 Å². The zero-order chi connectivity index (χ0) is 21.0. The fraction of sp³-hybridized carbons (Fsp3) is 0.350. The molecule has 1 saturated heterocycles. The molecular formula is C20H24BrN3O4S. The molecule has 0 unspecified atom stereocenters. The van der Waals surface area contributed by atoms with Crippen LogP contribution in [0.4, 0.5) is 11.4 Å². The molecule has 7 nitrogen and oxygen atoms in total. The monoisotopic (exact) mass is 481 g/mol. The lowest BCUT2D eigenvalue weighted by atomic mass is 10.2. The number of carbonyl (C=O) groups excluding carboxylic acids is 1. The van der Waals surface area contributed by atoms with Crippen LogP contribution in [0.5, 0.6) is 0 Å². The van der Waals surface area contributed by atoms with Crippen LogP contribution in [0, 0.1) is 6.92 Å². The number of rotatable bonds is 6. The molecule has 0 saturated carbocycles. The van der Waals surface area contributed by atoms with E-state index in [0.29, 0.717) is 18.9 Å². The number of hydrogen-bond acceptors (Lipinski definition) is 5. The third kappa shape index (κ3) is 5.36. The molecule has 1 N–H and O–H groups in total. The number of sulfonamides is 1. The first kappa shape index (κ1) is 21.8. The van der Waals surface area contributed by atoms with Gasteiger partial charge in [-0.15, -0.1) is 0 Å². The Hall–Kier alpha value is -1.94. The highest BCUT2D eigenvalue weighted by Crippen LogP contribution is 2.22.